The van der Waals surface area contributed by atoms with Gasteiger partial charge in [0.1, 0.15) is 0 Å². The highest BCUT2D eigenvalue weighted by atomic mass is 16.5. The average molecular weight is 352 g/mol. The Morgan fingerprint density at radius 1 is 1.23 bits per heavy atom. The number of anilines is 2. The van der Waals surface area contributed by atoms with Gasteiger partial charge in [-0.3, -0.25) is 0 Å². The zero-order valence-corrected chi connectivity index (χ0v) is 16.2. The molecule has 1 saturated heterocycles. The van der Waals surface area contributed by atoms with Gasteiger partial charge in [0.2, 0.25) is 5.95 Å². The summed E-state index contributed by atoms with van der Waals surface area (Å²) < 4.78 is 5.44. The molecule has 0 amide bonds. The summed E-state index contributed by atoms with van der Waals surface area (Å²) in [6.45, 7) is 12.2. The van der Waals surface area contributed by atoms with Crippen molar-refractivity contribution in [2.24, 2.45) is 0 Å². The fourth-order valence-electron chi connectivity index (χ4n) is 4.22. The molecule has 0 radical (unpaired) electrons. The first-order chi connectivity index (χ1) is 12.4. The van der Waals surface area contributed by atoms with E-state index in [0.29, 0.717) is 5.92 Å². The molecule has 4 rings (SSSR count). The lowest BCUT2D eigenvalue weighted by atomic mass is 9.80. The normalized spacial score (nSPS) is 21.8. The molecule has 0 bridgehead atoms. The van der Waals surface area contributed by atoms with E-state index in [1.165, 1.54) is 22.4 Å². The van der Waals surface area contributed by atoms with Gasteiger partial charge in [-0.1, -0.05) is 6.92 Å². The van der Waals surface area contributed by atoms with Gasteiger partial charge >= 0.3 is 0 Å². The molecule has 2 aromatic rings. The lowest BCUT2D eigenvalue weighted by Gasteiger charge is -2.38. The highest BCUT2D eigenvalue weighted by Crippen LogP contribution is 2.41. The maximum absolute atomic E-state index is 5.44. The number of morpholine rings is 1. The van der Waals surface area contributed by atoms with Crippen LogP contribution in [0.25, 0.3) is 11.3 Å². The van der Waals surface area contributed by atoms with Crippen LogP contribution in [-0.2, 0) is 4.74 Å². The standard InChI is InChI=1S/C21H28N4O/c1-14-11-19-17(15(2)13-21(3,4)24-19)12-16(14)18-5-6-22-20(23-18)25-7-9-26-10-8-25/h5-6,11-12,15,24H,7-10,13H2,1-4H3/t15-/m0/s1. The van der Waals surface area contributed by atoms with Gasteiger partial charge in [0.25, 0.3) is 0 Å². The zero-order valence-electron chi connectivity index (χ0n) is 16.2. The summed E-state index contributed by atoms with van der Waals surface area (Å²) in [5, 5.41) is 3.69. The summed E-state index contributed by atoms with van der Waals surface area (Å²) in [6, 6.07) is 6.62. The summed E-state index contributed by atoms with van der Waals surface area (Å²) in [5.74, 6) is 1.33. The minimum Gasteiger partial charge on any atom is -0.380 e. The largest absolute Gasteiger partial charge is 0.380 e. The number of hydrogen-bond acceptors (Lipinski definition) is 5. The van der Waals surface area contributed by atoms with Gasteiger partial charge < -0.3 is 15.0 Å². The predicted octanol–water partition coefficient (Wildman–Crippen LogP) is 3.99. The highest BCUT2D eigenvalue weighted by Gasteiger charge is 2.30. The van der Waals surface area contributed by atoms with Gasteiger partial charge in [0, 0.05) is 36.1 Å². The number of nitrogens with one attached hydrogen (secondary N) is 1. The van der Waals surface area contributed by atoms with Crippen molar-refractivity contribution in [3.05, 3.63) is 35.5 Å². The monoisotopic (exact) mass is 352 g/mol. The molecular formula is C21H28N4O. The molecule has 1 aromatic carbocycles. The second kappa shape index (κ2) is 6.54. The topological polar surface area (TPSA) is 50.3 Å². The Morgan fingerprint density at radius 2 is 2.00 bits per heavy atom. The highest BCUT2D eigenvalue weighted by molar-refractivity contribution is 5.72. The van der Waals surface area contributed by atoms with Crippen LogP contribution in [0.2, 0.25) is 0 Å². The third-order valence-corrected chi connectivity index (χ3v) is 5.43. The van der Waals surface area contributed by atoms with Crippen molar-refractivity contribution in [3.63, 3.8) is 0 Å². The first-order valence-electron chi connectivity index (χ1n) is 9.52. The Hall–Kier alpha value is -2.14. The van der Waals surface area contributed by atoms with Crippen LogP contribution in [0, 0.1) is 6.92 Å². The van der Waals surface area contributed by atoms with Crippen LogP contribution < -0.4 is 10.2 Å². The van der Waals surface area contributed by atoms with E-state index in [-0.39, 0.29) is 5.54 Å². The third-order valence-electron chi connectivity index (χ3n) is 5.43. The van der Waals surface area contributed by atoms with E-state index in [1.807, 2.05) is 12.3 Å². The molecule has 1 N–H and O–H groups in total. The zero-order chi connectivity index (χ0) is 18.3. The smallest absolute Gasteiger partial charge is 0.226 e. The number of ether oxygens (including phenoxy) is 1. The van der Waals surface area contributed by atoms with Crippen molar-refractivity contribution in [3.8, 4) is 11.3 Å². The van der Waals surface area contributed by atoms with Crippen molar-refractivity contribution in [2.45, 2.75) is 45.6 Å². The second-order valence-corrected chi connectivity index (χ2v) is 8.21. The first kappa shape index (κ1) is 17.3. The lowest BCUT2D eigenvalue weighted by Crippen LogP contribution is -2.37. The molecule has 2 aliphatic heterocycles. The van der Waals surface area contributed by atoms with E-state index in [1.54, 1.807) is 0 Å². The number of benzene rings is 1. The minimum atomic E-state index is 0.138. The van der Waals surface area contributed by atoms with Crippen LogP contribution in [-0.4, -0.2) is 41.8 Å². The van der Waals surface area contributed by atoms with Crippen molar-refractivity contribution < 1.29 is 4.74 Å². The Morgan fingerprint density at radius 3 is 2.77 bits per heavy atom. The van der Waals surface area contributed by atoms with E-state index in [2.05, 4.69) is 55.0 Å². The summed E-state index contributed by atoms with van der Waals surface area (Å²) in [5.41, 5.74) is 6.23. The molecule has 5 heteroatoms. The Bertz CT molecular complexity index is 812. The molecular weight excluding hydrogens is 324 g/mol. The Labute approximate surface area is 155 Å². The summed E-state index contributed by atoms with van der Waals surface area (Å²) in [7, 11) is 0. The fraction of sp³-hybridized carbons (Fsp3) is 0.524. The molecule has 0 unspecified atom stereocenters. The number of rotatable bonds is 2. The van der Waals surface area contributed by atoms with Crippen LogP contribution >= 0.6 is 0 Å². The second-order valence-electron chi connectivity index (χ2n) is 8.21. The lowest BCUT2D eigenvalue weighted by molar-refractivity contribution is 0.122. The molecule has 2 aliphatic rings. The quantitative estimate of drug-likeness (QED) is 0.886. The van der Waals surface area contributed by atoms with Crippen LogP contribution in [0.4, 0.5) is 11.6 Å². The number of hydrogen-bond donors (Lipinski definition) is 1. The number of nitrogens with zero attached hydrogens (tertiary/aromatic N) is 3. The molecule has 1 atom stereocenters. The van der Waals surface area contributed by atoms with Gasteiger partial charge in [0.05, 0.1) is 18.9 Å². The van der Waals surface area contributed by atoms with Gasteiger partial charge in [0.15, 0.2) is 0 Å². The van der Waals surface area contributed by atoms with Gasteiger partial charge in [-0.25, -0.2) is 9.97 Å². The molecule has 1 fully saturated rings. The minimum absolute atomic E-state index is 0.138. The van der Waals surface area contributed by atoms with E-state index in [0.717, 1.165) is 44.4 Å². The molecule has 1 aromatic heterocycles. The number of fused-ring (bicyclic) bond motifs is 1. The van der Waals surface area contributed by atoms with Crippen molar-refractivity contribution in [1.82, 2.24) is 9.97 Å². The maximum atomic E-state index is 5.44. The van der Waals surface area contributed by atoms with Crippen molar-refractivity contribution in [2.75, 3.05) is 36.5 Å². The molecule has 0 aliphatic carbocycles. The van der Waals surface area contributed by atoms with E-state index in [4.69, 9.17) is 9.72 Å². The summed E-state index contributed by atoms with van der Waals surface area (Å²) in [6.07, 6.45) is 3.00. The van der Waals surface area contributed by atoms with Crippen LogP contribution in [0.15, 0.2) is 24.4 Å². The molecule has 0 spiro atoms. The Balaban J connectivity index is 1.71. The molecule has 5 nitrogen and oxygen atoms in total. The Kier molecular flexibility index (Phi) is 4.35. The van der Waals surface area contributed by atoms with Crippen molar-refractivity contribution in [1.29, 1.82) is 0 Å². The van der Waals surface area contributed by atoms with Crippen LogP contribution in [0.3, 0.4) is 0 Å². The number of aromatic nitrogens is 2. The third kappa shape index (κ3) is 3.28. The number of aryl methyl sites for hydroxylation is 1. The maximum Gasteiger partial charge on any atom is 0.226 e. The molecule has 0 saturated carbocycles. The van der Waals surface area contributed by atoms with Crippen LogP contribution in [0.5, 0.6) is 0 Å². The predicted molar refractivity (Wildman–Crippen MR) is 106 cm³/mol. The van der Waals surface area contributed by atoms with Gasteiger partial charge in [-0.2, -0.15) is 0 Å². The SMILES string of the molecule is Cc1cc2c(cc1-c1ccnc(N3CCOCC3)n1)[C@@H](C)CC(C)(C)N2. The van der Waals surface area contributed by atoms with E-state index < -0.39 is 0 Å². The van der Waals surface area contributed by atoms with E-state index >= 15 is 0 Å². The van der Waals surface area contributed by atoms with Gasteiger partial charge in [-0.05, 0) is 62.4 Å². The first-order valence-corrected chi connectivity index (χ1v) is 9.52. The summed E-state index contributed by atoms with van der Waals surface area (Å²) >= 11 is 0. The molecule has 26 heavy (non-hydrogen) atoms. The van der Waals surface area contributed by atoms with E-state index in [9.17, 15) is 0 Å². The molecule has 138 valence electrons. The van der Waals surface area contributed by atoms with Crippen LogP contribution in [0.1, 0.15) is 44.2 Å². The average Bonchev–Trinajstić information content (AvgIpc) is 2.61. The summed E-state index contributed by atoms with van der Waals surface area (Å²) in [4.78, 5) is 11.6. The van der Waals surface area contributed by atoms with Gasteiger partial charge in [-0.15, -0.1) is 0 Å². The molecule has 3 heterocycles. The fourth-order valence-corrected chi connectivity index (χ4v) is 4.22. The van der Waals surface area contributed by atoms with Crippen molar-refractivity contribution >= 4 is 11.6 Å².